The summed E-state index contributed by atoms with van der Waals surface area (Å²) >= 11 is 1.61. The minimum absolute atomic E-state index is 0.000502. The molecule has 0 spiro atoms. The average molecular weight is 714 g/mol. The van der Waals surface area contributed by atoms with Crippen molar-refractivity contribution >= 4 is 59.2 Å². The Balaban J connectivity index is 1.83. The number of hydrazine groups is 1. The molecule has 0 saturated carbocycles. The molecule has 276 valence electrons. The number of carbonyl (C=O) groups is 5. The summed E-state index contributed by atoms with van der Waals surface area (Å²) in [5.74, 6) is 0.384. The number of guanidine groups is 1. The first-order chi connectivity index (χ1) is 24.1. The maximum atomic E-state index is 14.1. The van der Waals surface area contributed by atoms with E-state index in [1.54, 1.807) is 11.8 Å². The van der Waals surface area contributed by atoms with Crippen molar-refractivity contribution in [3.05, 3.63) is 36.0 Å². The van der Waals surface area contributed by atoms with Crippen molar-refractivity contribution in [2.24, 2.45) is 11.7 Å². The molecule has 3 rings (SSSR count). The van der Waals surface area contributed by atoms with Gasteiger partial charge in [-0.3, -0.25) is 25.2 Å². The van der Waals surface area contributed by atoms with Crippen molar-refractivity contribution in [3.8, 4) is 0 Å². The minimum Gasteiger partial charge on any atom is -0.370 e. The summed E-state index contributed by atoms with van der Waals surface area (Å²) in [6, 6.07) is 4.76. The van der Waals surface area contributed by atoms with Crippen LogP contribution in [-0.4, -0.2) is 108 Å². The molecule has 50 heavy (non-hydrogen) atoms. The van der Waals surface area contributed by atoms with Gasteiger partial charge in [0.1, 0.15) is 18.9 Å². The quantitative estimate of drug-likeness (QED) is 0.0241. The molecular formula is C35H55N9O5S. The molecule has 1 aromatic heterocycles. The number of Topliss-reactive ketones (excluding diaryl/α,β-unsaturated/α-hetero) is 1. The van der Waals surface area contributed by atoms with E-state index >= 15 is 0 Å². The molecule has 1 aliphatic rings. The van der Waals surface area contributed by atoms with E-state index in [4.69, 9.17) is 11.1 Å². The number of amides is 1. The monoisotopic (exact) mass is 713 g/mol. The van der Waals surface area contributed by atoms with Crippen molar-refractivity contribution in [2.45, 2.75) is 102 Å². The molecule has 1 saturated heterocycles. The SMILES string of the molecule is CSCC[C@H](NN[C@H](C=O)CC(C)C)C(=O)CC(N[C@H](C=O)Cc1c[nH]c2ccccc12)N1CCC[C@H]1C(=O)N[C@H](C=O)CCCNC(=N)N. The molecule has 1 amide bonds. The van der Waals surface area contributed by atoms with Gasteiger partial charge < -0.3 is 35.7 Å². The van der Waals surface area contributed by atoms with Crippen LogP contribution in [0, 0.1) is 11.3 Å². The highest BCUT2D eigenvalue weighted by molar-refractivity contribution is 7.98. The minimum atomic E-state index is -0.723. The largest absolute Gasteiger partial charge is 0.370 e. The fourth-order valence-corrected chi connectivity index (χ4v) is 6.86. The lowest BCUT2D eigenvalue weighted by Gasteiger charge is -2.35. The van der Waals surface area contributed by atoms with E-state index < -0.39 is 36.4 Å². The van der Waals surface area contributed by atoms with Crippen LogP contribution in [0.1, 0.15) is 64.4 Å². The summed E-state index contributed by atoms with van der Waals surface area (Å²) in [5, 5.41) is 17.3. The first kappa shape index (κ1) is 40.8. The number of fused-ring (bicyclic) bond motifs is 1. The lowest BCUT2D eigenvalue weighted by atomic mass is 10.0. The number of nitrogens with zero attached hydrogens (tertiary/aromatic N) is 1. The first-order valence-electron chi connectivity index (χ1n) is 17.4. The van der Waals surface area contributed by atoms with E-state index in [2.05, 4.69) is 31.8 Å². The van der Waals surface area contributed by atoms with E-state index in [-0.39, 0.29) is 30.0 Å². The van der Waals surface area contributed by atoms with Crippen molar-refractivity contribution < 1.29 is 24.0 Å². The van der Waals surface area contributed by atoms with Gasteiger partial charge >= 0.3 is 0 Å². The highest BCUT2D eigenvalue weighted by Crippen LogP contribution is 2.24. The maximum Gasteiger partial charge on any atom is 0.237 e. The Morgan fingerprint density at radius 1 is 1.08 bits per heavy atom. The van der Waals surface area contributed by atoms with Crippen molar-refractivity contribution in [2.75, 3.05) is 25.1 Å². The lowest BCUT2D eigenvalue weighted by Crippen LogP contribution is -2.59. The molecule has 9 N–H and O–H groups in total. The Labute approximate surface area is 299 Å². The van der Waals surface area contributed by atoms with Crippen LogP contribution in [-0.2, 0) is 30.4 Å². The molecule has 1 unspecified atom stereocenters. The summed E-state index contributed by atoms with van der Waals surface area (Å²) in [7, 11) is 0. The third-order valence-electron chi connectivity index (χ3n) is 8.91. The van der Waals surface area contributed by atoms with Crippen molar-refractivity contribution in [1.82, 2.24) is 36.7 Å². The number of hydrogen-bond acceptors (Lipinski definition) is 11. The van der Waals surface area contributed by atoms with Crippen LogP contribution < -0.4 is 32.5 Å². The zero-order valence-electron chi connectivity index (χ0n) is 29.4. The number of benzene rings is 1. The molecule has 1 aromatic carbocycles. The number of carbonyl (C=O) groups excluding carboxylic acids is 5. The fourth-order valence-electron chi connectivity index (χ4n) is 6.39. The van der Waals surface area contributed by atoms with Gasteiger partial charge in [-0.25, -0.2) is 10.9 Å². The van der Waals surface area contributed by atoms with E-state index in [9.17, 15) is 24.0 Å². The van der Waals surface area contributed by atoms with Crippen LogP contribution in [0.4, 0.5) is 0 Å². The summed E-state index contributed by atoms with van der Waals surface area (Å²) in [5.41, 5.74) is 13.4. The van der Waals surface area contributed by atoms with Gasteiger partial charge in [0.25, 0.3) is 0 Å². The van der Waals surface area contributed by atoms with Crippen LogP contribution in [0.3, 0.4) is 0 Å². The second-order valence-electron chi connectivity index (χ2n) is 13.3. The number of H-pyrrole nitrogens is 1. The number of thioether (sulfide) groups is 1. The average Bonchev–Trinajstić information content (AvgIpc) is 3.76. The normalized spacial score (nSPS) is 17.9. The highest BCUT2D eigenvalue weighted by Gasteiger charge is 2.38. The van der Waals surface area contributed by atoms with E-state index in [0.717, 1.165) is 29.0 Å². The van der Waals surface area contributed by atoms with Crippen LogP contribution in [0.5, 0.6) is 0 Å². The van der Waals surface area contributed by atoms with Gasteiger partial charge in [-0.1, -0.05) is 32.0 Å². The van der Waals surface area contributed by atoms with Crippen molar-refractivity contribution in [1.29, 1.82) is 5.41 Å². The van der Waals surface area contributed by atoms with Crippen LogP contribution in [0.25, 0.3) is 10.9 Å². The first-order valence-corrected chi connectivity index (χ1v) is 18.8. The molecule has 1 aliphatic heterocycles. The van der Waals surface area contributed by atoms with Gasteiger partial charge in [0.2, 0.25) is 5.91 Å². The number of rotatable bonds is 25. The van der Waals surface area contributed by atoms with Gasteiger partial charge in [0, 0.05) is 36.6 Å². The number of nitrogens with one attached hydrogen (secondary N) is 7. The number of likely N-dealkylation sites (tertiary alicyclic amines) is 1. The van der Waals surface area contributed by atoms with Crippen molar-refractivity contribution in [3.63, 3.8) is 0 Å². The van der Waals surface area contributed by atoms with E-state index in [1.165, 1.54) is 0 Å². The second kappa shape index (κ2) is 21.6. The van der Waals surface area contributed by atoms with Gasteiger partial charge in [0.15, 0.2) is 11.7 Å². The molecular weight excluding hydrogens is 659 g/mol. The summed E-state index contributed by atoms with van der Waals surface area (Å²) in [6.07, 6.45) is 9.18. The highest BCUT2D eigenvalue weighted by atomic mass is 32.2. The summed E-state index contributed by atoms with van der Waals surface area (Å²) in [6.45, 7) is 4.96. The fraction of sp³-hybridized carbons (Fsp3) is 0.600. The molecule has 0 radical (unpaired) electrons. The van der Waals surface area contributed by atoms with Crippen LogP contribution in [0.2, 0.25) is 0 Å². The molecule has 1 fully saturated rings. The van der Waals surface area contributed by atoms with E-state index in [0.29, 0.717) is 70.1 Å². The topological polar surface area (TPSA) is 214 Å². The predicted molar refractivity (Wildman–Crippen MR) is 198 cm³/mol. The van der Waals surface area contributed by atoms with Crippen LogP contribution in [0.15, 0.2) is 30.5 Å². The Morgan fingerprint density at radius 3 is 2.50 bits per heavy atom. The molecule has 0 aliphatic carbocycles. The number of aromatic nitrogens is 1. The Hall–Kier alpha value is -3.63. The van der Waals surface area contributed by atoms with Gasteiger partial charge in [-0.15, -0.1) is 0 Å². The van der Waals surface area contributed by atoms with Crippen LogP contribution >= 0.6 is 11.8 Å². The number of aromatic amines is 1. The number of nitrogens with two attached hydrogens (primary N) is 1. The second-order valence-corrected chi connectivity index (χ2v) is 14.3. The number of hydrogen-bond donors (Lipinski definition) is 8. The number of aldehydes is 3. The molecule has 2 aromatic rings. The van der Waals surface area contributed by atoms with Gasteiger partial charge in [-0.2, -0.15) is 11.8 Å². The Morgan fingerprint density at radius 2 is 1.82 bits per heavy atom. The molecule has 14 nitrogen and oxygen atoms in total. The summed E-state index contributed by atoms with van der Waals surface area (Å²) in [4.78, 5) is 69.1. The standard InChI is InChI=1S/C35H55N9O5S/c1-23(2)16-27(22-47)42-43-30(12-15-50-3)32(48)18-33(40-26(21-46)17-24-19-39-29-10-5-4-9-28(24)29)44-14-7-11-31(44)34(49)41-25(20-45)8-6-13-38-35(36)37/h4-5,9-10,19-23,25-27,30-31,33,39-40,42-43H,6-8,11-18H2,1-3H3,(H,41,49)(H4,36,37,38)/t25-,26-,27-,30-,31-,33?/m0/s1. The molecule has 6 atom stereocenters. The third-order valence-corrected chi connectivity index (χ3v) is 9.55. The van der Waals surface area contributed by atoms with Gasteiger partial charge in [0.05, 0.1) is 36.4 Å². The predicted octanol–water partition coefficient (Wildman–Crippen LogP) is 1.39. The zero-order valence-corrected chi connectivity index (χ0v) is 30.2. The summed E-state index contributed by atoms with van der Waals surface area (Å²) < 4.78 is 0. The Bertz CT molecular complexity index is 1410. The maximum absolute atomic E-state index is 14.1. The molecule has 0 bridgehead atoms. The third kappa shape index (κ3) is 12.9. The Kier molecular flexibility index (Phi) is 17.6. The molecule has 15 heteroatoms. The molecule has 2 heterocycles. The van der Waals surface area contributed by atoms with Gasteiger partial charge in [-0.05, 0) is 74.5 Å². The lowest BCUT2D eigenvalue weighted by molar-refractivity contribution is -0.130. The number of ketones is 1. The van der Waals surface area contributed by atoms with E-state index in [1.807, 2.05) is 55.5 Å². The zero-order chi connectivity index (χ0) is 36.5. The number of para-hydroxylation sites is 1. The smallest absolute Gasteiger partial charge is 0.237 e.